The monoisotopic (exact) mass is 440 g/mol. The van der Waals surface area contributed by atoms with E-state index in [0.29, 0.717) is 24.0 Å². The number of rotatable bonds is 5. The molecule has 0 bridgehead atoms. The van der Waals surface area contributed by atoms with Crippen LogP contribution in [0.5, 0.6) is 0 Å². The average molecular weight is 441 g/mol. The SMILES string of the molecule is Cc1ccc(C)c(C(=O)NCc2ccc(-c3nn(C4CCCC4)c4ncnc(N)c34)cc2)c1. The molecule has 2 heterocycles. The first-order valence-corrected chi connectivity index (χ1v) is 11.4. The van der Waals surface area contributed by atoms with Crippen molar-refractivity contribution in [3.63, 3.8) is 0 Å². The first kappa shape index (κ1) is 21.1. The Balaban J connectivity index is 1.39. The zero-order valence-corrected chi connectivity index (χ0v) is 19.0. The highest BCUT2D eigenvalue weighted by molar-refractivity contribution is 5.98. The van der Waals surface area contributed by atoms with Crippen LogP contribution in [-0.4, -0.2) is 25.7 Å². The van der Waals surface area contributed by atoms with Crippen molar-refractivity contribution in [3.8, 4) is 11.3 Å². The number of carbonyl (C=O) groups excluding carboxylic acids is 1. The largest absolute Gasteiger partial charge is 0.383 e. The fourth-order valence-electron chi connectivity index (χ4n) is 4.64. The normalized spacial score (nSPS) is 14.1. The maximum atomic E-state index is 12.6. The summed E-state index contributed by atoms with van der Waals surface area (Å²) >= 11 is 0. The number of aromatic nitrogens is 4. The molecule has 7 nitrogen and oxygen atoms in total. The highest BCUT2D eigenvalue weighted by Gasteiger charge is 2.24. The molecule has 5 rings (SSSR count). The second-order valence-corrected chi connectivity index (χ2v) is 8.89. The van der Waals surface area contributed by atoms with Gasteiger partial charge in [-0.05, 0) is 43.9 Å². The van der Waals surface area contributed by atoms with Crippen molar-refractivity contribution in [1.29, 1.82) is 0 Å². The van der Waals surface area contributed by atoms with Gasteiger partial charge < -0.3 is 11.1 Å². The van der Waals surface area contributed by atoms with Crippen molar-refractivity contribution in [1.82, 2.24) is 25.1 Å². The van der Waals surface area contributed by atoms with Crippen LogP contribution in [0.3, 0.4) is 0 Å². The van der Waals surface area contributed by atoms with Gasteiger partial charge in [-0.25, -0.2) is 14.6 Å². The molecule has 4 aromatic rings. The first-order valence-electron chi connectivity index (χ1n) is 11.4. The van der Waals surface area contributed by atoms with E-state index in [-0.39, 0.29) is 5.91 Å². The molecular formula is C26H28N6O. The fraction of sp³-hybridized carbons (Fsp3) is 0.308. The van der Waals surface area contributed by atoms with Gasteiger partial charge in [0, 0.05) is 17.7 Å². The van der Waals surface area contributed by atoms with Crippen LogP contribution in [0.15, 0.2) is 48.8 Å². The average Bonchev–Trinajstić information content (AvgIpc) is 3.48. The summed E-state index contributed by atoms with van der Waals surface area (Å²) in [6.07, 6.45) is 6.16. The molecule has 1 amide bonds. The van der Waals surface area contributed by atoms with Gasteiger partial charge in [0.15, 0.2) is 5.65 Å². The number of nitrogens with one attached hydrogen (secondary N) is 1. The van der Waals surface area contributed by atoms with Crippen LogP contribution in [-0.2, 0) is 6.54 Å². The molecule has 2 aromatic carbocycles. The number of hydrogen-bond donors (Lipinski definition) is 2. The molecule has 1 aliphatic rings. The molecule has 0 atom stereocenters. The number of nitrogens with zero attached hydrogens (tertiary/aromatic N) is 4. The molecule has 0 saturated heterocycles. The van der Waals surface area contributed by atoms with Gasteiger partial charge in [0.25, 0.3) is 5.91 Å². The number of anilines is 1. The highest BCUT2D eigenvalue weighted by atomic mass is 16.1. The topological polar surface area (TPSA) is 98.7 Å². The van der Waals surface area contributed by atoms with Crippen LogP contribution in [0.25, 0.3) is 22.3 Å². The standard InChI is InChI=1S/C26H28N6O/c1-16-7-8-17(2)21(13-16)26(33)28-14-18-9-11-19(12-10-18)23-22-24(27)29-15-30-25(22)32(31-23)20-5-3-4-6-20/h7-13,15,20H,3-6,14H2,1-2H3,(H,28,33)(H2,27,29,30). The predicted octanol–water partition coefficient (Wildman–Crippen LogP) is 4.74. The van der Waals surface area contributed by atoms with Gasteiger partial charge in [0.1, 0.15) is 17.8 Å². The van der Waals surface area contributed by atoms with Gasteiger partial charge in [0.05, 0.1) is 11.4 Å². The van der Waals surface area contributed by atoms with E-state index in [0.717, 1.165) is 51.8 Å². The summed E-state index contributed by atoms with van der Waals surface area (Å²) in [6, 6.07) is 14.3. The van der Waals surface area contributed by atoms with Crippen LogP contribution in [0.1, 0.15) is 58.8 Å². The number of benzene rings is 2. The smallest absolute Gasteiger partial charge is 0.251 e. The Morgan fingerprint density at radius 3 is 2.61 bits per heavy atom. The van der Waals surface area contributed by atoms with E-state index in [1.54, 1.807) is 0 Å². The summed E-state index contributed by atoms with van der Waals surface area (Å²) in [5, 5.41) is 8.76. The van der Waals surface area contributed by atoms with E-state index in [9.17, 15) is 4.79 Å². The third-order valence-corrected chi connectivity index (χ3v) is 6.51. The minimum atomic E-state index is -0.0634. The summed E-state index contributed by atoms with van der Waals surface area (Å²) in [4.78, 5) is 21.4. The van der Waals surface area contributed by atoms with Crippen molar-refractivity contribution in [2.45, 2.75) is 52.1 Å². The van der Waals surface area contributed by atoms with E-state index in [1.807, 2.05) is 61.0 Å². The summed E-state index contributed by atoms with van der Waals surface area (Å²) in [5.41, 5.74) is 12.6. The molecule has 0 unspecified atom stereocenters. The maximum absolute atomic E-state index is 12.6. The minimum Gasteiger partial charge on any atom is -0.383 e. The zero-order valence-electron chi connectivity index (χ0n) is 19.0. The van der Waals surface area contributed by atoms with Crippen LogP contribution in [0.2, 0.25) is 0 Å². The van der Waals surface area contributed by atoms with Gasteiger partial charge in [-0.15, -0.1) is 0 Å². The Hall–Kier alpha value is -3.74. The lowest BCUT2D eigenvalue weighted by Crippen LogP contribution is -2.23. The molecule has 1 aliphatic carbocycles. The Labute approximate surface area is 193 Å². The lowest BCUT2D eigenvalue weighted by atomic mass is 10.0. The molecule has 7 heteroatoms. The van der Waals surface area contributed by atoms with E-state index in [2.05, 4.69) is 15.3 Å². The van der Waals surface area contributed by atoms with Crippen molar-refractivity contribution < 1.29 is 4.79 Å². The minimum absolute atomic E-state index is 0.0634. The summed E-state index contributed by atoms with van der Waals surface area (Å²) < 4.78 is 2.04. The number of amides is 1. The van der Waals surface area contributed by atoms with Crippen molar-refractivity contribution in [2.75, 3.05) is 5.73 Å². The lowest BCUT2D eigenvalue weighted by molar-refractivity contribution is 0.0950. The van der Waals surface area contributed by atoms with E-state index < -0.39 is 0 Å². The number of nitrogen functional groups attached to an aromatic ring is 1. The van der Waals surface area contributed by atoms with Crippen molar-refractivity contribution >= 4 is 22.8 Å². The van der Waals surface area contributed by atoms with Crippen molar-refractivity contribution in [2.24, 2.45) is 0 Å². The Kier molecular flexibility index (Phi) is 5.54. The van der Waals surface area contributed by atoms with Crippen LogP contribution < -0.4 is 11.1 Å². The van der Waals surface area contributed by atoms with Crippen LogP contribution in [0, 0.1) is 13.8 Å². The predicted molar refractivity (Wildman–Crippen MR) is 130 cm³/mol. The molecule has 0 spiro atoms. The molecule has 2 aromatic heterocycles. The number of carbonyl (C=O) groups is 1. The van der Waals surface area contributed by atoms with Crippen LogP contribution >= 0.6 is 0 Å². The van der Waals surface area contributed by atoms with Gasteiger partial charge in [0.2, 0.25) is 0 Å². The third kappa shape index (κ3) is 4.06. The van der Waals surface area contributed by atoms with Gasteiger partial charge in [-0.2, -0.15) is 5.10 Å². The van der Waals surface area contributed by atoms with E-state index in [1.165, 1.54) is 19.2 Å². The number of nitrogens with two attached hydrogens (primary N) is 1. The van der Waals surface area contributed by atoms with Crippen molar-refractivity contribution in [3.05, 3.63) is 71.0 Å². The van der Waals surface area contributed by atoms with Gasteiger partial charge in [-0.1, -0.05) is 54.8 Å². The summed E-state index contributed by atoms with van der Waals surface area (Å²) in [7, 11) is 0. The highest BCUT2D eigenvalue weighted by Crippen LogP contribution is 2.36. The molecule has 0 radical (unpaired) electrons. The lowest BCUT2D eigenvalue weighted by Gasteiger charge is -2.10. The quantitative estimate of drug-likeness (QED) is 0.467. The van der Waals surface area contributed by atoms with Crippen LogP contribution in [0.4, 0.5) is 5.82 Å². The number of aryl methyl sites for hydroxylation is 2. The summed E-state index contributed by atoms with van der Waals surface area (Å²) in [6.45, 7) is 4.40. The number of hydrogen-bond acceptors (Lipinski definition) is 5. The molecule has 33 heavy (non-hydrogen) atoms. The first-order chi connectivity index (χ1) is 16.0. The maximum Gasteiger partial charge on any atom is 0.251 e. The number of fused-ring (bicyclic) bond motifs is 1. The van der Waals surface area contributed by atoms with Gasteiger partial charge in [-0.3, -0.25) is 4.79 Å². The Morgan fingerprint density at radius 1 is 1.09 bits per heavy atom. The molecule has 0 aliphatic heterocycles. The van der Waals surface area contributed by atoms with E-state index in [4.69, 9.17) is 10.8 Å². The molecule has 3 N–H and O–H groups in total. The fourth-order valence-corrected chi connectivity index (χ4v) is 4.64. The second-order valence-electron chi connectivity index (χ2n) is 8.89. The second kappa shape index (κ2) is 8.65. The summed E-state index contributed by atoms with van der Waals surface area (Å²) in [5.74, 6) is 0.385. The van der Waals surface area contributed by atoms with Gasteiger partial charge >= 0.3 is 0 Å². The molecular weight excluding hydrogens is 412 g/mol. The zero-order chi connectivity index (χ0) is 22.9. The Morgan fingerprint density at radius 2 is 1.85 bits per heavy atom. The Bertz CT molecular complexity index is 1320. The molecule has 1 fully saturated rings. The third-order valence-electron chi connectivity index (χ3n) is 6.51. The molecule has 1 saturated carbocycles. The molecule has 168 valence electrons. The van der Waals surface area contributed by atoms with E-state index >= 15 is 0 Å².